The fourth-order valence-electron chi connectivity index (χ4n) is 4.27. The minimum atomic E-state index is -0.912. The Morgan fingerprint density at radius 2 is 1.75 bits per heavy atom. The van der Waals surface area contributed by atoms with Crippen molar-refractivity contribution in [2.75, 3.05) is 13.2 Å². The fraction of sp³-hybridized carbons (Fsp3) is 0.281. The Hall–Kier alpha value is -4.22. The van der Waals surface area contributed by atoms with Crippen molar-refractivity contribution in [2.24, 2.45) is 5.10 Å². The molecule has 44 heavy (non-hydrogen) atoms. The lowest BCUT2D eigenvalue weighted by Crippen LogP contribution is -2.26. The van der Waals surface area contributed by atoms with Crippen molar-refractivity contribution in [3.05, 3.63) is 92.6 Å². The number of hydrazone groups is 1. The molecule has 1 N–H and O–H groups in total. The summed E-state index contributed by atoms with van der Waals surface area (Å²) in [6.07, 6.45) is 0.479. The van der Waals surface area contributed by atoms with Gasteiger partial charge in [-0.3, -0.25) is 4.79 Å². The molecule has 2 aromatic heterocycles. The van der Waals surface area contributed by atoms with Crippen LogP contribution in [0.3, 0.4) is 0 Å². The standard InChI is InChI=1S/C32H33BrClN3O7/c1-6-40-27-16-22(28(33)29(34)30(27)43-21(5)32(39)41-7-2)17-35-36-31(38)26-15-14-25(44-26)18-42-24-12-10-23(11-13-24)37-19(3)8-9-20(37)4/h8-17,21H,6-7,18H2,1-5H3,(H,36,38)/b35-17+/t21-/m1/s1. The monoisotopic (exact) mass is 685 g/mol. The van der Waals surface area contributed by atoms with Crippen molar-refractivity contribution in [3.8, 4) is 22.9 Å². The van der Waals surface area contributed by atoms with Gasteiger partial charge in [-0.2, -0.15) is 5.10 Å². The molecule has 232 valence electrons. The molecule has 0 fully saturated rings. The number of carbonyl (C=O) groups excluding carboxylic acids is 2. The molecular weight excluding hydrogens is 654 g/mol. The van der Waals surface area contributed by atoms with Crippen molar-refractivity contribution in [1.82, 2.24) is 9.99 Å². The van der Waals surface area contributed by atoms with Gasteiger partial charge in [0.1, 0.15) is 23.1 Å². The topological polar surface area (TPSA) is 114 Å². The highest BCUT2D eigenvalue weighted by atomic mass is 79.9. The van der Waals surface area contributed by atoms with Crippen LogP contribution in [0.1, 0.15) is 54.0 Å². The first-order valence-electron chi connectivity index (χ1n) is 13.9. The average molecular weight is 687 g/mol. The fourth-order valence-corrected chi connectivity index (χ4v) is 4.91. The normalized spacial score (nSPS) is 11.8. The molecule has 0 aliphatic rings. The number of hydrogen-bond donors (Lipinski definition) is 1. The summed E-state index contributed by atoms with van der Waals surface area (Å²) in [4.78, 5) is 24.7. The summed E-state index contributed by atoms with van der Waals surface area (Å²) in [5, 5.41) is 4.20. The number of nitrogens with zero attached hydrogens (tertiary/aromatic N) is 2. The largest absolute Gasteiger partial charge is 0.490 e. The lowest BCUT2D eigenvalue weighted by atomic mass is 10.2. The summed E-state index contributed by atoms with van der Waals surface area (Å²) >= 11 is 9.97. The van der Waals surface area contributed by atoms with Gasteiger partial charge in [-0.1, -0.05) is 11.6 Å². The van der Waals surface area contributed by atoms with Crippen molar-refractivity contribution in [1.29, 1.82) is 0 Å². The Labute approximate surface area is 269 Å². The number of halogens is 2. The van der Waals surface area contributed by atoms with E-state index >= 15 is 0 Å². The SMILES string of the molecule is CCOC(=O)[C@@H](C)Oc1c(OCC)cc(/C=N/NC(=O)c2ccc(COc3ccc(-n4c(C)ccc4C)cc3)o2)c(Br)c1Cl. The van der Waals surface area contributed by atoms with E-state index in [1.54, 1.807) is 39.0 Å². The number of ether oxygens (including phenoxy) is 4. The summed E-state index contributed by atoms with van der Waals surface area (Å²) in [7, 11) is 0. The number of furan rings is 1. The molecule has 0 radical (unpaired) electrons. The van der Waals surface area contributed by atoms with E-state index in [0.717, 1.165) is 17.1 Å². The zero-order valence-electron chi connectivity index (χ0n) is 25.0. The van der Waals surface area contributed by atoms with E-state index in [4.69, 9.17) is 35.0 Å². The molecule has 10 nitrogen and oxygen atoms in total. The van der Waals surface area contributed by atoms with Crippen LogP contribution < -0.4 is 19.6 Å². The van der Waals surface area contributed by atoms with Gasteiger partial charge in [0.05, 0.1) is 19.4 Å². The molecule has 0 aliphatic carbocycles. The summed E-state index contributed by atoms with van der Waals surface area (Å²) in [6, 6.07) is 16.7. The molecule has 4 aromatic rings. The second kappa shape index (κ2) is 15.0. The zero-order chi connectivity index (χ0) is 31.8. The number of nitrogens with one attached hydrogen (secondary N) is 1. The van der Waals surface area contributed by atoms with Crippen LogP contribution in [0.2, 0.25) is 5.02 Å². The molecule has 4 rings (SSSR count). The zero-order valence-corrected chi connectivity index (χ0v) is 27.3. The van der Waals surface area contributed by atoms with Gasteiger partial charge in [-0.25, -0.2) is 10.2 Å². The summed E-state index contributed by atoms with van der Waals surface area (Å²) in [5.74, 6) is 0.604. The van der Waals surface area contributed by atoms with Crippen LogP contribution in [0.4, 0.5) is 0 Å². The van der Waals surface area contributed by atoms with Gasteiger partial charge in [0, 0.05) is 27.1 Å². The number of esters is 1. The van der Waals surface area contributed by atoms with E-state index < -0.39 is 18.0 Å². The van der Waals surface area contributed by atoms with Gasteiger partial charge < -0.3 is 27.9 Å². The Kier molecular flexibility index (Phi) is 11.1. The number of aromatic nitrogens is 1. The third-order valence-corrected chi connectivity index (χ3v) is 7.81. The molecule has 2 aromatic carbocycles. The third kappa shape index (κ3) is 7.83. The predicted molar refractivity (Wildman–Crippen MR) is 170 cm³/mol. The van der Waals surface area contributed by atoms with Crippen molar-refractivity contribution >= 4 is 45.6 Å². The van der Waals surface area contributed by atoms with E-state index in [0.29, 0.717) is 33.9 Å². The maximum atomic E-state index is 12.7. The molecule has 0 aliphatic heterocycles. The first-order chi connectivity index (χ1) is 21.1. The van der Waals surface area contributed by atoms with Gasteiger partial charge in [-0.05, 0) is 105 Å². The molecule has 1 atom stereocenters. The predicted octanol–water partition coefficient (Wildman–Crippen LogP) is 7.18. The Morgan fingerprint density at radius 1 is 1.05 bits per heavy atom. The van der Waals surface area contributed by atoms with Crippen molar-refractivity contribution in [3.63, 3.8) is 0 Å². The minimum absolute atomic E-state index is 0.0680. The molecule has 0 bridgehead atoms. The van der Waals surface area contributed by atoms with Crippen LogP contribution >= 0.6 is 27.5 Å². The highest BCUT2D eigenvalue weighted by molar-refractivity contribution is 9.10. The number of carbonyl (C=O) groups is 2. The Morgan fingerprint density at radius 3 is 2.41 bits per heavy atom. The molecule has 0 saturated heterocycles. The van der Waals surface area contributed by atoms with E-state index in [1.807, 2.05) is 24.3 Å². The van der Waals surface area contributed by atoms with Crippen LogP contribution in [-0.2, 0) is 16.1 Å². The Bertz CT molecular complexity index is 1630. The lowest BCUT2D eigenvalue weighted by Gasteiger charge is -2.19. The van der Waals surface area contributed by atoms with Crippen LogP contribution in [0.5, 0.6) is 17.2 Å². The lowest BCUT2D eigenvalue weighted by molar-refractivity contribution is -0.150. The summed E-state index contributed by atoms with van der Waals surface area (Å²) < 4.78 is 30.5. The molecule has 1 amide bonds. The molecule has 0 spiro atoms. The molecular formula is C32H33BrClN3O7. The van der Waals surface area contributed by atoms with Gasteiger partial charge in [0.15, 0.2) is 23.4 Å². The third-order valence-electron chi connectivity index (χ3n) is 6.37. The van der Waals surface area contributed by atoms with Gasteiger partial charge in [0.2, 0.25) is 0 Å². The molecule has 2 heterocycles. The van der Waals surface area contributed by atoms with Crippen molar-refractivity contribution in [2.45, 2.75) is 47.3 Å². The number of amides is 1. The Balaban J connectivity index is 1.37. The number of hydrogen-bond acceptors (Lipinski definition) is 8. The maximum absolute atomic E-state index is 12.7. The van der Waals surface area contributed by atoms with E-state index in [2.05, 4.69) is 57.0 Å². The highest BCUT2D eigenvalue weighted by Gasteiger charge is 2.23. The van der Waals surface area contributed by atoms with Gasteiger partial charge in [-0.15, -0.1) is 0 Å². The van der Waals surface area contributed by atoms with Crippen LogP contribution in [0, 0.1) is 13.8 Å². The first-order valence-corrected chi connectivity index (χ1v) is 15.1. The van der Waals surface area contributed by atoms with E-state index in [9.17, 15) is 9.59 Å². The minimum Gasteiger partial charge on any atom is -0.490 e. The molecule has 12 heteroatoms. The van der Waals surface area contributed by atoms with Crippen LogP contribution in [0.25, 0.3) is 5.69 Å². The van der Waals surface area contributed by atoms with Crippen LogP contribution in [0.15, 0.2) is 68.6 Å². The van der Waals surface area contributed by atoms with Gasteiger partial charge in [0.25, 0.3) is 0 Å². The quantitative estimate of drug-likeness (QED) is 0.0901. The highest BCUT2D eigenvalue weighted by Crippen LogP contribution is 2.43. The van der Waals surface area contributed by atoms with Crippen LogP contribution in [-0.4, -0.2) is 42.0 Å². The summed E-state index contributed by atoms with van der Waals surface area (Å²) in [6.45, 7) is 9.87. The smallest absolute Gasteiger partial charge is 0.347 e. The second-order valence-electron chi connectivity index (χ2n) is 9.57. The second-order valence-corrected chi connectivity index (χ2v) is 10.7. The maximum Gasteiger partial charge on any atom is 0.347 e. The van der Waals surface area contributed by atoms with E-state index in [1.165, 1.54) is 6.21 Å². The molecule has 0 unspecified atom stereocenters. The molecule has 0 saturated carbocycles. The number of rotatable bonds is 13. The van der Waals surface area contributed by atoms with Gasteiger partial charge >= 0.3 is 11.9 Å². The summed E-state index contributed by atoms with van der Waals surface area (Å²) in [5.41, 5.74) is 6.28. The first kappa shape index (κ1) is 32.7. The number of aryl methyl sites for hydroxylation is 2. The van der Waals surface area contributed by atoms with E-state index in [-0.39, 0.29) is 29.7 Å². The van der Waals surface area contributed by atoms with Crippen molar-refractivity contribution < 1.29 is 33.0 Å². The average Bonchev–Trinajstić information content (AvgIpc) is 3.62. The number of benzene rings is 2.